The molecule has 0 radical (unpaired) electrons. The normalized spacial score (nSPS) is 8.62. The lowest BCUT2D eigenvalue weighted by molar-refractivity contribution is 1.33. The maximum Gasteiger partial charge on any atom is 0.0725 e. The number of nitrogen functional groups attached to an aromatic ring is 2. The highest BCUT2D eigenvalue weighted by Gasteiger charge is 1.87. The first-order chi connectivity index (χ1) is 6.30. The molecule has 0 atom stereocenters. The molecule has 0 bridgehead atoms. The van der Waals surface area contributed by atoms with Crippen molar-refractivity contribution in [3.63, 3.8) is 0 Å². The lowest BCUT2D eigenvalue weighted by Gasteiger charge is -1.81. The van der Waals surface area contributed by atoms with Crippen molar-refractivity contribution >= 4 is 11.4 Å². The average molecular weight is 176 g/mol. The van der Waals surface area contributed by atoms with Crippen molar-refractivity contribution in [1.82, 2.24) is 9.97 Å². The van der Waals surface area contributed by atoms with E-state index in [1.807, 2.05) is 18.2 Å². The molecule has 4 nitrogen and oxygen atoms in total. The summed E-state index contributed by atoms with van der Waals surface area (Å²) in [5.74, 6) is 0. The molecule has 0 aromatic carbocycles. The van der Waals surface area contributed by atoms with Gasteiger partial charge in [-0.3, -0.25) is 4.98 Å². The molecule has 4 heteroatoms. The van der Waals surface area contributed by atoms with E-state index in [9.17, 15) is 0 Å². The summed E-state index contributed by atoms with van der Waals surface area (Å²) >= 11 is 0. The van der Waals surface area contributed by atoms with Crippen molar-refractivity contribution in [3.05, 3.63) is 43.0 Å². The molecule has 0 aliphatic rings. The Morgan fingerprint density at radius 2 is 1.46 bits per heavy atom. The Hall–Kier alpha value is -1.97. The van der Waals surface area contributed by atoms with Crippen LogP contribution in [-0.2, 0) is 0 Å². The van der Waals surface area contributed by atoms with E-state index in [0.717, 1.165) is 0 Å². The van der Waals surface area contributed by atoms with Crippen LogP contribution in [-0.4, -0.2) is 9.97 Å². The molecule has 5 N–H and O–H groups in total. The number of H-pyrrole nitrogens is 1. The Labute approximate surface area is 76.6 Å². The predicted molar refractivity (Wildman–Crippen MR) is 53.9 cm³/mol. The van der Waals surface area contributed by atoms with E-state index in [1.165, 1.54) is 0 Å². The maximum absolute atomic E-state index is 5.28. The van der Waals surface area contributed by atoms with Crippen LogP contribution in [0.1, 0.15) is 0 Å². The molecule has 0 saturated heterocycles. The number of rotatable bonds is 0. The molecule has 2 heterocycles. The van der Waals surface area contributed by atoms with Crippen molar-refractivity contribution in [1.29, 1.82) is 0 Å². The first-order valence-electron chi connectivity index (χ1n) is 3.83. The quantitative estimate of drug-likeness (QED) is 0.565. The van der Waals surface area contributed by atoms with Gasteiger partial charge in [0.05, 0.1) is 11.4 Å². The van der Waals surface area contributed by atoms with Crippen LogP contribution in [0.3, 0.4) is 0 Å². The number of pyridine rings is 1. The van der Waals surface area contributed by atoms with Crippen molar-refractivity contribution < 1.29 is 0 Å². The van der Waals surface area contributed by atoms with Gasteiger partial charge < -0.3 is 16.5 Å². The third-order valence-electron chi connectivity index (χ3n) is 1.38. The third-order valence-corrected chi connectivity index (χ3v) is 1.38. The first kappa shape index (κ1) is 9.12. The summed E-state index contributed by atoms with van der Waals surface area (Å²) in [5, 5.41) is 0. The smallest absolute Gasteiger partial charge is 0.0725 e. The van der Waals surface area contributed by atoms with Gasteiger partial charge in [0.1, 0.15) is 0 Å². The lowest BCUT2D eigenvalue weighted by Crippen LogP contribution is -1.87. The number of nitrogens with one attached hydrogen (secondary N) is 1. The van der Waals surface area contributed by atoms with Crippen LogP contribution in [0.25, 0.3) is 0 Å². The molecule has 68 valence electrons. The van der Waals surface area contributed by atoms with Gasteiger partial charge in [-0.1, -0.05) is 6.07 Å². The van der Waals surface area contributed by atoms with Gasteiger partial charge >= 0.3 is 0 Å². The van der Waals surface area contributed by atoms with E-state index < -0.39 is 0 Å². The minimum Gasteiger partial charge on any atom is -0.396 e. The Kier molecular flexibility index (Phi) is 3.38. The van der Waals surface area contributed by atoms with E-state index in [4.69, 9.17) is 11.5 Å². The number of hydrogen-bond donors (Lipinski definition) is 3. The van der Waals surface area contributed by atoms with E-state index >= 15 is 0 Å². The highest BCUT2D eigenvalue weighted by molar-refractivity contribution is 5.60. The van der Waals surface area contributed by atoms with E-state index in [0.29, 0.717) is 11.4 Å². The molecule has 0 saturated carbocycles. The van der Waals surface area contributed by atoms with Crippen LogP contribution in [0, 0.1) is 0 Å². The Bertz CT molecular complexity index is 285. The summed E-state index contributed by atoms with van der Waals surface area (Å²) in [6.45, 7) is 0. The summed E-state index contributed by atoms with van der Waals surface area (Å²) < 4.78 is 0. The third kappa shape index (κ3) is 3.29. The fourth-order valence-corrected chi connectivity index (χ4v) is 0.700. The summed E-state index contributed by atoms with van der Waals surface area (Å²) in [6, 6.07) is 5.72. The highest BCUT2D eigenvalue weighted by atomic mass is 14.8. The van der Waals surface area contributed by atoms with Crippen LogP contribution in [0.5, 0.6) is 0 Å². The zero-order chi connectivity index (χ0) is 9.52. The molecule has 0 aliphatic carbocycles. The van der Waals surface area contributed by atoms with E-state index in [2.05, 4.69) is 9.97 Å². The number of aromatic nitrogens is 2. The molecule has 0 fully saturated rings. The van der Waals surface area contributed by atoms with Gasteiger partial charge in [0.25, 0.3) is 0 Å². The minimum absolute atomic E-state index is 0.611. The fourth-order valence-electron chi connectivity index (χ4n) is 0.700. The summed E-state index contributed by atoms with van der Waals surface area (Å²) in [5.41, 5.74) is 11.8. The molecule has 2 rings (SSSR count). The number of aromatic amines is 1. The van der Waals surface area contributed by atoms with Gasteiger partial charge in [0.2, 0.25) is 0 Å². The van der Waals surface area contributed by atoms with Gasteiger partial charge in [0, 0.05) is 24.8 Å². The van der Waals surface area contributed by atoms with Gasteiger partial charge in [-0.15, -0.1) is 0 Å². The molecule has 13 heavy (non-hydrogen) atoms. The van der Waals surface area contributed by atoms with Crippen LogP contribution in [0.4, 0.5) is 11.4 Å². The second kappa shape index (κ2) is 4.82. The summed E-state index contributed by atoms with van der Waals surface area (Å²) in [6.07, 6.45) is 6.80. The number of hydrogen-bond acceptors (Lipinski definition) is 3. The zero-order valence-corrected chi connectivity index (χ0v) is 7.14. The highest BCUT2D eigenvalue weighted by Crippen LogP contribution is 2.09. The van der Waals surface area contributed by atoms with Crippen LogP contribution in [0.15, 0.2) is 43.0 Å². The second-order valence-corrected chi connectivity index (χ2v) is 2.39. The fraction of sp³-hybridized carbons (Fsp3) is 0. The molecule has 0 amide bonds. The zero-order valence-electron chi connectivity index (χ0n) is 7.14. The number of nitrogens with zero attached hydrogens (tertiary/aromatic N) is 1. The molecule has 0 unspecified atom stereocenters. The molecule has 2 aromatic heterocycles. The monoisotopic (exact) mass is 176 g/mol. The number of anilines is 2. The SMILES string of the molecule is Nc1c[nH]cc1N.c1ccncc1. The van der Waals surface area contributed by atoms with E-state index in [1.54, 1.807) is 24.8 Å². The molecule has 2 aromatic rings. The van der Waals surface area contributed by atoms with Crippen LogP contribution < -0.4 is 11.5 Å². The standard InChI is InChI=1S/C5H5N.C4H7N3/c1-2-4-6-5-3-1;5-3-1-7-2-4(3)6/h1-5H;1-2,7H,5-6H2. The van der Waals surface area contributed by atoms with Crippen molar-refractivity contribution in [2.75, 3.05) is 11.5 Å². The molecular weight excluding hydrogens is 164 g/mol. The van der Waals surface area contributed by atoms with Crippen LogP contribution in [0.2, 0.25) is 0 Å². The maximum atomic E-state index is 5.28. The Balaban J connectivity index is 0.000000132. The first-order valence-corrected chi connectivity index (χ1v) is 3.83. The molecule has 0 aliphatic heterocycles. The summed E-state index contributed by atoms with van der Waals surface area (Å²) in [4.78, 5) is 6.53. The van der Waals surface area contributed by atoms with Crippen LogP contribution >= 0.6 is 0 Å². The predicted octanol–water partition coefficient (Wildman–Crippen LogP) is 1.26. The molecule has 0 spiro atoms. The van der Waals surface area contributed by atoms with Crippen molar-refractivity contribution in [2.45, 2.75) is 0 Å². The molecular formula is C9H12N4. The second-order valence-electron chi connectivity index (χ2n) is 2.39. The van der Waals surface area contributed by atoms with E-state index in [-0.39, 0.29) is 0 Å². The van der Waals surface area contributed by atoms with Gasteiger partial charge in [-0.05, 0) is 12.1 Å². The van der Waals surface area contributed by atoms with Gasteiger partial charge in [-0.2, -0.15) is 0 Å². The van der Waals surface area contributed by atoms with Gasteiger partial charge in [-0.25, -0.2) is 0 Å². The Morgan fingerprint density at radius 1 is 0.923 bits per heavy atom. The van der Waals surface area contributed by atoms with Crippen molar-refractivity contribution in [2.24, 2.45) is 0 Å². The minimum atomic E-state index is 0.611. The number of nitrogens with two attached hydrogens (primary N) is 2. The largest absolute Gasteiger partial charge is 0.396 e. The lowest BCUT2D eigenvalue weighted by atomic mass is 10.5. The van der Waals surface area contributed by atoms with Crippen molar-refractivity contribution in [3.8, 4) is 0 Å². The topological polar surface area (TPSA) is 80.7 Å². The average Bonchev–Trinajstić information content (AvgIpc) is 2.55. The Morgan fingerprint density at radius 3 is 1.62 bits per heavy atom. The van der Waals surface area contributed by atoms with Gasteiger partial charge in [0.15, 0.2) is 0 Å². The summed E-state index contributed by atoms with van der Waals surface area (Å²) in [7, 11) is 0.